The van der Waals surface area contributed by atoms with Crippen LogP contribution < -0.4 is 0 Å². The SMILES string of the molecule is COC(=O)CN(CC(=O)OC)S(=O)(=O)C(C)C(=O)OC. The monoisotopic (exact) mass is 311 g/mol. The fourth-order valence-corrected chi connectivity index (χ4v) is 2.52. The number of hydrogen-bond acceptors (Lipinski definition) is 8. The molecule has 0 aliphatic carbocycles. The van der Waals surface area contributed by atoms with E-state index >= 15 is 0 Å². The lowest BCUT2D eigenvalue weighted by Gasteiger charge is -2.22. The third kappa shape index (κ3) is 4.78. The van der Waals surface area contributed by atoms with Crippen LogP contribution in [0.25, 0.3) is 0 Å². The van der Waals surface area contributed by atoms with E-state index in [1.165, 1.54) is 0 Å². The molecule has 0 aliphatic heterocycles. The summed E-state index contributed by atoms with van der Waals surface area (Å²) in [6, 6.07) is 0. The van der Waals surface area contributed by atoms with Crippen LogP contribution in [0.3, 0.4) is 0 Å². The first-order valence-corrected chi connectivity index (χ1v) is 6.91. The van der Waals surface area contributed by atoms with Crippen molar-refractivity contribution in [1.29, 1.82) is 0 Å². The lowest BCUT2D eigenvalue weighted by Crippen LogP contribution is -2.46. The zero-order chi connectivity index (χ0) is 15.9. The average molecular weight is 311 g/mol. The normalized spacial score (nSPS) is 12.7. The average Bonchev–Trinajstić information content (AvgIpc) is 2.43. The van der Waals surface area contributed by atoms with E-state index in [9.17, 15) is 22.8 Å². The van der Waals surface area contributed by atoms with Gasteiger partial charge < -0.3 is 14.2 Å². The van der Waals surface area contributed by atoms with Gasteiger partial charge in [-0.2, -0.15) is 4.31 Å². The lowest BCUT2D eigenvalue weighted by molar-refractivity contribution is -0.144. The van der Waals surface area contributed by atoms with Crippen LogP contribution >= 0.6 is 0 Å². The van der Waals surface area contributed by atoms with Crippen molar-refractivity contribution in [3.63, 3.8) is 0 Å². The van der Waals surface area contributed by atoms with Gasteiger partial charge in [-0.3, -0.25) is 14.4 Å². The minimum Gasteiger partial charge on any atom is -0.468 e. The van der Waals surface area contributed by atoms with Gasteiger partial charge in [-0.25, -0.2) is 8.42 Å². The smallest absolute Gasteiger partial charge is 0.325 e. The third-order valence-electron chi connectivity index (χ3n) is 2.41. The van der Waals surface area contributed by atoms with Gasteiger partial charge in [0.2, 0.25) is 10.0 Å². The van der Waals surface area contributed by atoms with Crippen LogP contribution in [0.15, 0.2) is 0 Å². The molecule has 0 amide bonds. The minimum absolute atomic E-state index is 0.506. The highest BCUT2D eigenvalue weighted by molar-refractivity contribution is 7.90. The van der Waals surface area contributed by atoms with Crippen LogP contribution in [0.5, 0.6) is 0 Å². The Kier molecular flexibility index (Phi) is 7.14. The van der Waals surface area contributed by atoms with E-state index in [1.54, 1.807) is 0 Å². The van der Waals surface area contributed by atoms with Crippen molar-refractivity contribution >= 4 is 27.9 Å². The summed E-state index contributed by atoms with van der Waals surface area (Å²) in [4.78, 5) is 33.7. The summed E-state index contributed by atoms with van der Waals surface area (Å²) < 4.78 is 37.8. The van der Waals surface area contributed by atoms with Crippen molar-refractivity contribution in [2.75, 3.05) is 34.4 Å². The van der Waals surface area contributed by atoms with Crippen molar-refractivity contribution in [2.45, 2.75) is 12.2 Å². The molecular weight excluding hydrogens is 294 g/mol. The maximum Gasteiger partial charge on any atom is 0.325 e. The predicted molar refractivity (Wildman–Crippen MR) is 66.0 cm³/mol. The number of ether oxygens (including phenoxy) is 3. The number of hydrogen-bond donors (Lipinski definition) is 0. The number of esters is 3. The fourth-order valence-electron chi connectivity index (χ4n) is 1.16. The van der Waals surface area contributed by atoms with Crippen molar-refractivity contribution < 1.29 is 37.0 Å². The summed E-state index contributed by atoms with van der Waals surface area (Å²) in [5, 5.41) is -1.57. The van der Waals surface area contributed by atoms with Crippen molar-refractivity contribution in [3.05, 3.63) is 0 Å². The molecule has 0 radical (unpaired) electrons. The van der Waals surface area contributed by atoms with Gasteiger partial charge in [-0.1, -0.05) is 0 Å². The fraction of sp³-hybridized carbons (Fsp3) is 0.700. The zero-order valence-electron chi connectivity index (χ0n) is 11.6. The molecule has 0 aromatic carbocycles. The highest BCUT2D eigenvalue weighted by Crippen LogP contribution is 2.11. The van der Waals surface area contributed by atoms with Gasteiger partial charge in [0, 0.05) is 0 Å². The summed E-state index contributed by atoms with van der Waals surface area (Å²) in [6.45, 7) is -0.340. The quantitative estimate of drug-likeness (QED) is 0.413. The van der Waals surface area contributed by atoms with E-state index in [2.05, 4.69) is 14.2 Å². The summed E-state index contributed by atoms with van der Waals surface area (Å²) in [5.74, 6) is -2.77. The maximum absolute atomic E-state index is 12.1. The summed E-state index contributed by atoms with van der Waals surface area (Å²) in [7, 11) is -1.11. The minimum atomic E-state index is -4.27. The van der Waals surface area contributed by atoms with Crippen molar-refractivity contribution in [2.24, 2.45) is 0 Å². The van der Waals surface area contributed by atoms with Gasteiger partial charge in [0.05, 0.1) is 21.3 Å². The molecule has 0 aromatic heterocycles. The van der Waals surface area contributed by atoms with Crippen molar-refractivity contribution in [3.8, 4) is 0 Å². The van der Waals surface area contributed by atoms with Gasteiger partial charge in [-0.15, -0.1) is 0 Å². The molecule has 0 saturated carbocycles. The molecule has 0 rings (SSSR count). The molecule has 0 saturated heterocycles. The lowest BCUT2D eigenvalue weighted by atomic mass is 10.5. The van der Waals surface area contributed by atoms with Crippen LogP contribution in [-0.2, 0) is 38.6 Å². The molecule has 20 heavy (non-hydrogen) atoms. The summed E-state index contributed by atoms with van der Waals surface area (Å²) in [5.41, 5.74) is 0. The van der Waals surface area contributed by atoms with Crippen molar-refractivity contribution in [1.82, 2.24) is 4.31 Å². The van der Waals surface area contributed by atoms with E-state index in [0.29, 0.717) is 4.31 Å². The first-order valence-electron chi connectivity index (χ1n) is 5.41. The zero-order valence-corrected chi connectivity index (χ0v) is 12.4. The van der Waals surface area contributed by atoms with Gasteiger partial charge in [0.1, 0.15) is 13.1 Å². The number of rotatable bonds is 7. The number of carbonyl (C=O) groups is 3. The molecule has 0 spiro atoms. The van der Waals surface area contributed by atoms with E-state index in [0.717, 1.165) is 28.3 Å². The van der Waals surface area contributed by atoms with E-state index in [1.807, 2.05) is 0 Å². The Morgan fingerprint density at radius 1 is 0.950 bits per heavy atom. The molecule has 1 atom stereocenters. The number of carbonyl (C=O) groups excluding carboxylic acids is 3. The molecule has 1 unspecified atom stereocenters. The van der Waals surface area contributed by atoms with Gasteiger partial charge in [0.15, 0.2) is 5.25 Å². The third-order valence-corrected chi connectivity index (χ3v) is 4.47. The highest BCUT2D eigenvalue weighted by Gasteiger charge is 2.37. The maximum atomic E-state index is 12.1. The van der Waals surface area contributed by atoms with Crippen LogP contribution in [-0.4, -0.2) is 70.3 Å². The molecule has 0 heterocycles. The predicted octanol–water partition coefficient (Wildman–Crippen LogP) is -1.47. The van der Waals surface area contributed by atoms with Gasteiger partial charge in [-0.05, 0) is 6.92 Å². The van der Waals surface area contributed by atoms with Gasteiger partial charge >= 0.3 is 17.9 Å². The van der Waals surface area contributed by atoms with E-state index < -0.39 is 46.3 Å². The molecule has 0 bridgehead atoms. The number of methoxy groups -OCH3 is 3. The topological polar surface area (TPSA) is 116 Å². The second kappa shape index (κ2) is 7.80. The van der Waals surface area contributed by atoms with Gasteiger partial charge in [0.25, 0.3) is 0 Å². The largest absolute Gasteiger partial charge is 0.468 e. The molecule has 116 valence electrons. The second-order valence-electron chi connectivity index (χ2n) is 3.63. The number of sulfonamides is 1. The molecule has 10 heteroatoms. The molecule has 9 nitrogen and oxygen atoms in total. The number of nitrogens with zero attached hydrogens (tertiary/aromatic N) is 1. The standard InChI is InChI=1S/C10H17NO8S/c1-7(10(14)19-4)20(15,16)11(5-8(12)17-2)6-9(13)18-3/h7H,5-6H2,1-4H3. The molecular formula is C10H17NO8S. The summed E-state index contributed by atoms with van der Waals surface area (Å²) in [6.07, 6.45) is 0. The molecule has 0 aliphatic rings. The highest BCUT2D eigenvalue weighted by atomic mass is 32.2. The Morgan fingerprint density at radius 3 is 1.65 bits per heavy atom. The molecule has 0 aromatic rings. The molecule has 0 N–H and O–H groups in total. The Hall–Kier alpha value is -1.68. The second-order valence-corrected chi connectivity index (χ2v) is 5.88. The van der Waals surface area contributed by atoms with Crippen LogP contribution in [0.4, 0.5) is 0 Å². The Labute approximate surface area is 116 Å². The van der Waals surface area contributed by atoms with Crippen LogP contribution in [0.1, 0.15) is 6.92 Å². The Balaban J connectivity index is 5.32. The van der Waals surface area contributed by atoms with Crippen LogP contribution in [0.2, 0.25) is 0 Å². The Bertz CT molecular complexity index is 454. The summed E-state index contributed by atoms with van der Waals surface area (Å²) >= 11 is 0. The van der Waals surface area contributed by atoms with E-state index in [-0.39, 0.29) is 0 Å². The first-order chi connectivity index (χ1) is 9.20. The molecule has 0 fully saturated rings. The van der Waals surface area contributed by atoms with E-state index in [4.69, 9.17) is 0 Å². The Morgan fingerprint density at radius 2 is 1.35 bits per heavy atom. The van der Waals surface area contributed by atoms with Crippen LogP contribution in [0, 0.1) is 0 Å². The first kappa shape index (κ1) is 18.3.